The molecule has 4 nitrogen and oxygen atoms in total. The maximum Gasteiger partial charge on any atom is 0.317 e. The van der Waals surface area contributed by atoms with Crippen LogP contribution in [0.15, 0.2) is 35.4 Å². The van der Waals surface area contributed by atoms with Gasteiger partial charge in [-0.15, -0.1) is 0 Å². The molecule has 0 saturated heterocycles. The van der Waals surface area contributed by atoms with Gasteiger partial charge >= 0.3 is 5.56 Å². The van der Waals surface area contributed by atoms with Crippen LogP contribution in [0.1, 0.15) is 11.1 Å². The Kier molecular flexibility index (Phi) is 2.95. The zero-order chi connectivity index (χ0) is 12.4. The summed E-state index contributed by atoms with van der Waals surface area (Å²) >= 11 is 0. The molecule has 0 amide bonds. The average Bonchev–Trinajstić information content (AvgIpc) is 2.33. The van der Waals surface area contributed by atoms with Crippen molar-refractivity contribution in [2.75, 3.05) is 7.11 Å². The maximum atomic E-state index is 12.0. The van der Waals surface area contributed by atoms with Crippen molar-refractivity contribution in [2.45, 2.75) is 13.8 Å². The summed E-state index contributed by atoms with van der Waals surface area (Å²) in [6.07, 6.45) is 3.20. The third-order valence-electron chi connectivity index (χ3n) is 2.84. The molecular weight excluding hydrogens is 216 g/mol. The van der Waals surface area contributed by atoms with Gasteiger partial charge in [0.2, 0.25) is 0 Å². The predicted octanol–water partition coefficient (Wildman–Crippen LogP) is 1.86. The molecule has 17 heavy (non-hydrogen) atoms. The van der Waals surface area contributed by atoms with Crippen molar-refractivity contribution in [1.29, 1.82) is 0 Å². The molecule has 0 aliphatic carbocycles. The second-order valence-corrected chi connectivity index (χ2v) is 3.83. The quantitative estimate of drug-likeness (QED) is 0.791. The molecule has 0 bridgehead atoms. The minimum atomic E-state index is -0.247. The van der Waals surface area contributed by atoms with Gasteiger partial charge in [0.1, 0.15) is 0 Å². The molecule has 1 aromatic carbocycles. The minimum absolute atomic E-state index is 0.105. The zero-order valence-electron chi connectivity index (χ0n) is 10.1. The number of hydrogen-bond acceptors (Lipinski definition) is 3. The van der Waals surface area contributed by atoms with E-state index in [0.717, 1.165) is 16.8 Å². The third kappa shape index (κ3) is 1.93. The van der Waals surface area contributed by atoms with Crippen molar-refractivity contribution in [1.82, 2.24) is 9.55 Å². The van der Waals surface area contributed by atoms with Gasteiger partial charge in [-0.25, -0.2) is 4.98 Å². The van der Waals surface area contributed by atoms with E-state index in [1.54, 1.807) is 17.0 Å². The SMILES string of the molecule is COc1nccn(-c2cccc(C)c2C)c1=O. The fraction of sp³-hybridized carbons (Fsp3) is 0.231. The van der Waals surface area contributed by atoms with Crippen LogP contribution < -0.4 is 10.3 Å². The number of benzene rings is 1. The van der Waals surface area contributed by atoms with E-state index < -0.39 is 0 Å². The van der Waals surface area contributed by atoms with E-state index in [-0.39, 0.29) is 11.4 Å². The molecule has 0 saturated carbocycles. The first-order valence-corrected chi connectivity index (χ1v) is 5.33. The number of ether oxygens (including phenoxy) is 1. The Hall–Kier alpha value is -2.10. The van der Waals surface area contributed by atoms with Gasteiger partial charge in [0.15, 0.2) is 0 Å². The first-order valence-electron chi connectivity index (χ1n) is 5.33. The van der Waals surface area contributed by atoms with Gasteiger partial charge in [-0.1, -0.05) is 12.1 Å². The van der Waals surface area contributed by atoms with Crippen molar-refractivity contribution < 1.29 is 4.74 Å². The van der Waals surface area contributed by atoms with Crippen molar-refractivity contribution in [3.05, 3.63) is 52.1 Å². The minimum Gasteiger partial charge on any atom is -0.477 e. The van der Waals surface area contributed by atoms with Gasteiger partial charge in [0.25, 0.3) is 5.88 Å². The normalized spacial score (nSPS) is 10.3. The summed E-state index contributed by atoms with van der Waals surface area (Å²) in [5, 5.41) is 0. The van der Waals surface area contributed by atoms with Crippen LogP contribution >= 0.6 is 0 Å². The molecule has 0 unspecified atom stereocenters. The Morgan fingerprint density at radius 1 is 1.29 bits per heavy atom. The molecule has 0 aliphatic rings. The summed E-state index contributed by atoms with van der Waals surface area (Å²) in [4.78, 5) is 15.9. The second kappa shape index (κ2) is 4.41. The van der Waals surface area contributed by atoms with Gasteiger partial charge in [-0.3, -0.25) is 9.36 Å². The lowest BCUT2D eigenvalue weighted by Crippen LogP contribution is -2.21. The van der Waals surface area contributed by atoms with Gasteiger partial charge in [-0.05, 0) is 31.0 Å². The highest BCUT2D eigenvalue weighted by Gasteiger charge is 2.08. The highest BCUT2D eigenvalue weighted by atomic mass is 16.5. The monoisotopic (exact) mass is 230 g/mol. The third-order valence-corrected chi connectivity index (χ3v) is 2.84. The summed E-state index contributed by atoms with van der Waals surface area (Å²) < 4.78 is 6.48. The lowest BCUT2D eigenvalue weighted by atomic mass is 10.1. The zero-order valence-corrected chi connectivity index (χ0v) is 10.1. The molecule has 2 rings (SSSR count). The largest absolute Gasteiger partial charge is 0.477 e. The molecule has 0 spiro atoms. The molecule has 88 valence electrons. The van der Waals surface area contributed by atoms with Crippen LogP contribution in [0.5, 0.6) is 5.88 Å². The van der Waals surface area contributed by atoms with E-state index in [2.05, 4.69) is 4.98 Å². The van der Waals surface area contributed by atoms with Gasteiger partial charge in [0.05, 0.1) is 12.8 Å². The van der Waals surface area contributed by atoms with Gasteiger partial charge in [-0.2, -0.15) is 0 Å². The Balaban J connectivity index is 2.69. The van der Waals surface area contributed by atoms with Crippen molar-refractivity contribution in [3.8, 4) is 11.6 Å². The van der Waals surface area contributed by atoms with Crippen LogP contribution in [0, 0.1) is 13.8 Å². The lowest BCUT2D eigenvalue weighted by molar-refractivity contribution is 0.388. The van der Waals surface area contributed by atoms with E-state index >= 15 is 0 Å². The Morgan fingerprint density at radius 3 is 2.76 bits per heavy atom. The number of nitrogens with zero attached hydrogens (tertiary/aromatic N) is 2. The molecule has 0 aliphatic heterocycles. The van der Waals surface area contributed by atoms with E-state index in [9.17, 15) is 4.79 Å². The molecule has 2 aromatic rings. The first-order chi connectivity index (χ1) is 8.15. The molecule has 0 fully saturated rings. The van der Waals surface area contributed by atoms with Gasteiger partial charge in [0, 0.05) is 12.4 Å². The first kappa shape index (κ1) is 11.4. The Labute approximate surface area is 99.5 Å². The molecule has 4 heteroatoms. The predicted molar refractivity (Wildman–Crippen MR) is 65.9 cm³/mol. The smallest absolute Gasteiger partial charge is 0.317 e. The van der Waals surface area contributed by atoms with Crippen LogP contribution in [0.3, 0.4) is 0 Å². The summed E-state index contributed by atoms with van der Waals surface area (Å²) in [5.74, 6) is 0.105. The number of aryl methyl sites for hydroxylation is 1. The van der Waals surface area contributed by atoms with Crippen LogP contribution in [0.25, 0.3) is 5.69 Å². The Bertz CT molecular complexity index is 603. The number of hydrogen-bond donors (Lipinski definition) is 0. The molecule has 0 N–H and O–H groups in total. The Morgan fingerprint density at radius 2 is 2.06 bits per heavy atom. The summed E-state index contributed by atoms with van der Waals surface area (Å²) in [6, 6.07) is 5.85. The topological polar surface area (TPSA) is 44.1 Å². The van der Waals surface area contributed by atoms with Gasteiger partial charge < -0.3 is 4.74 Å². The fourth-order valence-corrected chi connectivity index (χ4v) is 1.72. The molecule has 1 heterocycles. The van der Waals surface area contributed by atoms with Crippen molar-refractivity contribution in [3.63, 3.8) is 0 Å². The number of rotatable bonds is 2. The fourth-order valence-electron chi connectivity index (χ4n) is 1.72. The molecule has 1 aromatic heterocycles. The highest BCUT2D eigenvalue weighted by Crippen LogP contribution is 2.16. The maximum absolute atomic E-state index is 12.0. The molecule has 0 radical (unpaired) electrons. The molecule has 0 atom stereocenters. The lowest BCUT2D eigenvalue weighted by Gasteiger charge is -2.11. The van der Waals surface area contributed by atoms with Crippen molar-refractivity contribution in [2.24, 2.45) is 0 Å². The van der Waals surface area contributed by atoms with Crippen molar-refractivity contribution >= 4 is 0 Å². The van der Waals surface area contributed by atoms with Crippen LogP contribution in [0.2, 0.25) is 0 Å². The average molecular weight is 230 g/mol. The number of methoxy groups -OCH3 is 1. The van der Waals surface area contributed by atoms with E-state index in [1.807, 2.05) is 32.0 Å². The van der Waals surface area contributed by atoms with Crippen LogP contribution in [-0.2, 0) is 0 Å². The van der Waals surface area contributed by atoms with E-state index in [1.165, 1.54) is 7.11 Å². The summed E-state index contributed by atoms with van der Waals surface area (Å²) in [6.45, 7) is 4.01. The summed E-state index contributed by atoms with van der Waals surface area (Å²) in [7, 11) is 1.44. The van der Waals surface area contributed by atoms with E-state index in [4.69, 9.17) is 4.74 Å². The second-order valence-electron chi connectivity index (χ2n) is 3.83. The highest BCUT2D eigenvalue weighted by molar-refractivity contribution is 5.45. The summed E-state index contributed by atoms with van der Waals surface area (Å²) in [5.41, 5.74) is 2.83. The van der Waals surface area contributed by atoms with Crippen LogP contribution in [0.4, 0.5) is 0 Å². The molecular formula is C13H14N2O2. The number of aromatic nitrogens is 2. The van der Waals surface area contributed by atoms with Crippen LogP contribution in [-0.4, -0.2) is 16.7 Å². The van der Waals surface area contributed by atoms with E-state index in [0.29, 0.717) is 0 Å². The standard InChI is InChI=1S/C13H14N2O2/c1-9-5-4-6-11(10(9)2)15-8-7-14-12(17-3)13(15)16/h4-8H,1-3H3.